The van der Waals surface area contributed by atoms with E-state index in [-0.39, 0.29) is 11.9 Å². The largest absolute Gasteiger partial charge is 0.348 e. The van der Waals surface area contributed by atoms with Gasteiger partial charge in [-0.3, -0.25) is 4.79 Å². The van der Waals surface area contributed by atoms with E-state index < -0.39 is 0 Å². The van der Waals surface area contributed by atoms with Crippen LogP contribution in [0.25, 0.3) is 5.57 Å². The molecule has 2 atom stereocenters. The Kier molecular flexibility index (Phi) is 6.08. The Balaban J connectivity index is 1.53. The highest BCUT2D eigenvalue weighted by Gasteiger charge is 2.28. The lowest BCUT2D eigenvalue weighted by Crippen LogP contribution is -3.17. The predicted molar refractivity (Wildman–Crippen MR) is 98.8 cm³/mol. The molecule has 3 rings (SSSR count). The van der Waals surface area contributed by atoms with Crippen LogP contribution in [0.1, 0.15) is 57.4 Å². The van der Waals surface area contributed by atoms with Gasteiger partial charge >= 0.3 is 0 Å². The molecule has 2 aliphatic rings. The van der Waals surface area contributed by atoms with Gasteiger partial charge in [0, 0.05) is 12.5 Å². The lowest BCUT2D eigenvalue weighted by atomic mass is 9.98. The van der Waals surface area contributed by atoms with Gasteiger partial charge in [-0.2, -0.15) is 0 Å². The van der Waals surface area contributed by atoms with Crippen LogP contribution in [0.5, 0.6) is 0 Å². The van der Waals surface area contributed by atoms with Crippen LogP contribution >= 0.6 is 0 Å². The lowest BCUT2D eigenvalue weighted by Gasteiger charge is -2.29. The summed E-state index contributed by atoms with van der Waals surface area (Å²) in [5.74, 6) is 0.244. The molecule has 3 nitrogen and oxygen atoms in total. The van der Waals surface area contributed by atoms with Crippen molar-refractivity contribution in [2.45, 2.75) is 64.0 Å². The van der Waals surface area contributed by atoms with E-state index >= 15 is 0 Å². The van der Waals surface area contributed by atoms with Crippen LogP contribution in [0.4, 0.5) is 0 Å². The first kappa shape index (κ1) is 17.2. The molecule has 1 aliphatic carbocycles. The summed E-state index contributed by atoms with van der Waals surface area (Å²) in [6.07, 6.45) is 10.9. The highest BCUT2D eigenvalue weighted by Crippen LogP contribution is 2.18. The van der Waals surface area contributed by atoms with Crippen LogP contribution in [-0.2, 0) is 4.79 Å². The van der Waals surface area contributed by atoms with Crippen molar-refractivity contribution in [3.8, 4) is 0 Å². The summed E-state index contributed by atoms with van der Waals surface area (Å²) in [7, 11) is 0. The number of hydrogen-bond donors (Lipinski definition) is 2. The molecule has 1 heterocycles. The number of nitrogens with one attached hydrogen (secondary N) is 2. The summed E-state index contributed by atoms with van der Waals surface area (Å²) < 4.78 is 0. The maximum atomic E-state index is 12.6. The molecule has 0 bridgehead atoms. The Bertz CT molecular complexity index is 558. The number of amides is 1. The fourth-order valence-electron chi connectivity index (χ4n) is 4.00. The molecule has 0 aromatic heterocycles. The van der Waals surface area contributed by atoms with E-state index in [0.29, 0.717) is 6.04 Å². The van der Waals surface area contributed by atoms with E-state index in [9.17, 15) is 4.79 Å². The standard InChI is InChI=1S/C21H30N2O/c1-17(21(24)22-20-11-7-2-3-8-12-20)23-15-13-19(14-16-23)18-9-5-4-6-10-18/h4-6,9-10,13,17,20H,2-3,7-8,11-12,14-16H2,1H3,(H,22,24)/p+1/t17-/m0/s1. The fourth-order valence-corrected chi connectivity index (χ4v) is 4.00. The Morgan fingerprint density at radius 2 is 1.83 bits per heavy atom. The fraction of sp³-hybridized carbons (Fsp3) is 0.571. The maximum absolute atomic E-state index is 12.6. The number of rotatable bonds is 4. The van der Waals surface area contributed by atoms with Gasteiger partial charge in [-0.25, -0.2) is 0 Å². The van der Waals surface area contributed by atoms with Gasteiger partial charge in [0.2, 0.25) is 0 Å². The minimum Gasteiger partial charge on any atom is -0.348 e. The maximum Gasteiger partial charge on any atom is 0.278 e. The summed E-state index contributed by atoms with van der Waals surface area (Å²) in [6.45, 7) is 4.08. The normalized spacial score (nSPS) is 23.9. The topological polar surface area (TPSA) is 33.5 Å². The highest BCUT2D eigenvalue weighted by molar-refractivity contribution is 5.80. The van der Waals surface area contributed by atoms with E-state index in [1.165, 1.54) is 41.7 Å². The third-order valence-corrected chi connectivity index (χ3v) is 5.68. The second-order valence-corrected chi connectivity index (χ2v) is 7.38. The molecular formula is C21H31N2O+. The lowest BCUT2D eigenvalue weighted by molar-refractivity contribution is -0.909. The Morgan fingerprint density at radius 3 is 2.46 bits per heavy atom. The molecule has 24 heavy (non-hydrogen) atoms. The van der Waals surface area contributed by atoms with Crippen LogP contribution < -0.4 is 10.2 Å². The van der Waals surface area contributed by atoms with Gasteiger partial charge in [0.1, 0.15) is 0 Å². The second kappa shape index (κ2) is 8.48. The quantitative estimate of drug-likeness (QED) is 0.819. The van der Waals surface area contributed by atoms with Crippen LogP contribution in [-0.4, -0.2) is 31.1 Å². The van der Waals surface area contributed by atoms with Gasteiger partial charge in [-0.15, -0.1) is 0 Å². The van der Waals surface area contributed by atoms with Crippen molar-refractivity contribution in [1.29, 1.82) is 0 Å². The number of carbonyl (C=O) groups excluding carboxylic acids is 1. The summed E-state index contributed by atoms with van der Waals surface area (Å²) in [5.41, 5.74) is 2.75. The molecule has 130 valence electrons. The SMILES string of the molecule is C[C@@H](C(=O)NC1CCCCCC1)[NH+]1CC=C(c2ccccc2)CC1. The number of hydrogen-bond acceptors (Lipinski definition) is 1. The first-order valence-electron chi connectivity index (χ1n) is 9.63. The van der Waals surface area contributed by atoms with E-state index in [0.717, 1.165) is 32.4 Å². The molecule has 0 radical (unpaired) electrons. The van der Waals surface area contributed by atoms with Crippen molar-refractivity contribution in [2.24, 2.45) is 0 Å². The predicted octanol–water partition coefficient (Wildman–Crippen LogP) is 2.59. The van der Waals surface area contributed by atoms with Crippen molar-refractivity contribution < 1.29 is 9.69 Å². The van der Waals surface area contributed by atoms with Gasteiger partial charge in [-0.1, -0.05) is 56.0 Å². The Hall–Kier alpha value is -1.61. The van der Waals surface area contributed by atoms with E-state index in [4.69, 9.17) is 0 Å². The Morgan fingerprint density at radius 1 is 1.12 bits per heavy atom. The van der Waals surface area contributed by atoms with Crippen LogP contribution in [0.15, 0.2) is 36.4 Å². The zero-order valence-electron chi connectivity index (χ0n) is 14.9. The van der Waals surface area contributed by atoms with Crippen LogP contribution in [0, 0.1) is 0 Å². The van der Waals surface area contributed by atoms with Crippen LogP contribution in [0.2, 0.25) is 0 Å². The molecule has 1 fully saturated rings. The Labute approximate surface area is 146 Å². The highest BCUT2D eigenvalue weighted by atomic mass is 16.2. The smallest absolute Gasteiger partial charge is 0.278 e. The molecule has 0 saturated heterocycles. The molecule has 1 unspecified atom stereocenters. The summed E-state index contributed by atoms with van der Waals surface area (Å²) >= 11 is 0. The molecule has 1 saturated carbocycles. The molecule has 1 amide bonds. The van der Waals surface area contributed by atoms with Crippen molar-refractivity contribution in [3.05, 3.63) is 42.0 Å². The first-order valence-corrected chi connectivity index (χ1v) is 9.63. The average molecular weight is 327 g/mol. The average Bonchev–Trinajstić information content (AvgIpc) is 2.90. The van der Waals surface area contributed by atoms with Crippen molar-refractivity contribution in [1.82, 2.24) is 5.32 Å². The second-order valence-electron chi connectivity index (χ2n) is 7.38. The van der Waals surface area contributed by atoms with E-state index in [2.05, 4.69) is 48.6 Å². The minimum absolute atomic E-state index is 0.0434. The molecule has 3 heteroatoms. The molecule has 0 spiro atoms. The van der Waals surface area contributed by atoms with Crippen LogP contribution in [0.3, 0.4) is 0 Å². The van der Waals surface area contributed by atoms with Crippen molar-refractivity contribution in [2.75, 3.05) is 13.1 Å². The summed E-state index contributed by atoms with van der Waals surface area (Å²) in [4.78, 5) is 14.0. The molecule has 1 aliphatic heterocycles. The number of carbonyl (C=O) groups is 1. The summed E-state index contributed by atoms with van der Waals surface area (Å²) in [6, 6.07) is 11.1. The number of quaternary nitrogens is 1. The van der Waals surface area contributed by atoms with E-state index in [1.807, 2.05) is 0 Å². The molecule has 1 aromatic carbocycles. The van der Waals surface area contributed by atoms with Gasteiger partial charge in [0.15, 0.2) is 6.04 Å². The van der Waals surface area contributed by atoms with Gasteiger partial charge in [0.25, 0.3) is 5.91 Å². The molecular weight excluding hydrogens is 296 g/mol. The third-order valence-electron chi connectivity index (χ3n) is 5.68. The van der Waals surface area contributed by atoms with Gasteiger partial charge in [0.05, 0.1) is 13.1 Å². The van der Waals surface area contributed by atoms with Gasteiger partial charge in [-0.05, 0) is 37.0 Å². The summed E-state index contributed by atoms with van der Waals surface area (Å²) in [5, 5.41) is 3.32. The van der Waals surface area contributed by atoms with E-state index in [1.54, 1.807) is 0 Å². The molecule has 1 aromatic rings. The zero-order chi connectivity index (χ0) is 16.8. The monoisotopic (exact) mass is 327 g/mol. The minimum atomic E-state index is 0.0434. The van der Waals surface area contributed by atoms with Crippen molar-refractivity contribution in [3.63, 3.8) is 0 Å². The van der Waals surface area contributed by atoms with Gasteiger partial charge < -0.3 is 10.2 Å². The molecule has 2 N–H and O–H groups in total. The first-order chi connectivity index (χ1) is 11.7. The third kappa shape index (κ3) is 4.47. The zero-order valence-corrected chi connectivity index (χ0v) is 14.9. The number of benzene rings is 1. The van der Waals surface area contributed by atoms with Crippen molar-refractivity contribution >= 4 is 11.5 Å².